The van der Waals surface area contributed by atoms with Gasteiger partial charge in [-0.25, -0.2) is 4.98 Å². The molecule has 0 aliphatic heterocycles. The SMILES string of the molecule is Brc1cccc2ncn(CC3CC3)c12. The number of aromatic nitrogens is 2. The Balaban J connectivity index is 2.13. The summed E-state index contributed by atoms with van der Waals surface area (Å²) < 4.78 is 3.41. The zero-order chi connectivity index (χ0) is 9.54. The molecule has 14 heavy (non-hydrogen) atoms. The average Bonchev–Trinajstić information content (AvgIpc) is 2.88. The van der Waals surface area contributed by atoms with Gasteiger partial charge in [0.2, 0.25) is 0 Å². The minimum Gasteiger partial charge on any atom is -0.329 e. The molecule has 1 fully saturated rings. The standard InChI is InChI=1S/C11H11BrN2/c12-9-2-1-3-10-11(9)14(7-13-10)6-8-4-5-8/h1-3,7-8H,4-6H2. The zero-order valence-corrected chi connectivity index (χ0v) is 9.37. The summed E-state index contributed by atoms with van der Waals surface area (Å²) in [7, 11) is 0. The first-order valence-corrected chi connectivity index (χ1v) is 5.73. The summed E-state index contributed by atoms with van der Waals surface area (Å²) in [6, 6.07) is 6.16. The molecule has 0 atom stereocenters. The van der Waals surface area contributed by atoms with Crippen LogP contribution < -0.4 is 0 Å². The van der Waals surface area contributed by atoms with Gasteiger partial charge in [0.05, 0.1) is 17.4 Å². The van der Waals surface area contributed by atoms with Crippen LogP contribution in [0, 0.1) is 5.92 Å². The van der Waals surface area contributed by atoms with Crippen molar-refractivity contribution in [3.63, 3.8) is 0 Å². The topological polar surface area (TPSA) is 17.8 Å². The Bertz CT molecular complexity index is 471. The lowest BCUT2D eigenvalue weighted by atomic mass is 10.3. The van der Waals surface area contributed by atoms with Crippen molar-refractivity contribution in [1.29, 1.82) is 0 Å². The van der Waals surface area contributed by atoms with Gasteiger partial charge in [-0.2, -0.15) is 0 Å². The summed E-state index contributed by atoms with van der Waals surface area (Å²) in [5.41, 5.74) is 2.32. The fraction of sp³-hybridized carbons (Fsp3) is 0.364. The van der Waals surface area contributed by atoms with Crippen molar-refractivity contribution in [3.8, 4) is 0 Å². The van der Waals surface area contributed by atoms with Crippen molar-refractivity contribution in [2.45, 2.75) is 19.4 Å². The molecule has 1 aliphatic rings. The number of halogens is 1. The number of hydrogen-bond donors (Lipinski definition) is 0. The Hall–Kier alpha value is -0.830. The summed E-state index contributed by atoms with van der Waals surface area (Å²) in [5, 5.41) is 0. The molecule has 1 heterocycles. The Morgan fingerprint density at radius 2 is 2.29 bits per heavy atom. The van der Waals surface area contributed by atoms with E-state index < -0.39 is 0 Å². The second-order valence-electron chi connectivity index (χ2n) is 3.95. The summed E-state index contributed by atoms with van der Waals surface area (Å²) in [5.74, 6) is 0.888. The zero-order valence-electron chi connectivity index (χ0n) is 7.78. The quantitative estimate of drug-likeness (QED) is 0.801. The van der Waals surface area contributed by atoms with Crippen molar-refractivity contribution in [2.24, 2.45) is 5.92 Å². The van der Waals surface area contributed by atoms with Gasteiger partial charge in [0.1, 0.15) is 0 Å². The second kappa shape index (κ2) is 3.09. The van der Waals surface area contributed by atoms with E-state index >= 15 is 0 Å². The minimum atomic E-state index is 0.888. The van der Waals surface area contributed by atoms with Gasteiger partial charge in [0, 0.05) is 11.0 Å². The molecule has 3 rings (SSSR count). The van der Waals surface area contributed by atoms with Crippen LogP contribution in [-0.4, -0.2) is 9.55 Å². The number of benzene rings is 1. The normalized spacial score (nSPS) is 16.4. The molecular weight excluding hydrogens is 240 g/mol. The van der Waals surface area contributed by atoms with Gasteiger partial charge in [-0.05, 0) is 46.8 Å². The molecule has 0 radical (unpaired) electrons. The third-order valence-corrected chi connectivity index (χ3v) is 3.38. The van der Waals surface area contributed by atoms with E-state index in [9.17, 15) is 0 Å². The summed E-state index contributed by atoms with van der Waals surface area (Å²) in [6.45, 7) is 1.12. The van der Waals surface area contributed by atoms with Crippen LogP contribution in [0.4, 0.5) is 0 Å². The highest BCUT2D eigenvalue weighted by molar-refractivity contribution is 9.10. The van der Waals surface area contributed by atoms with Crippen molar-refractivity contribution in [2.75, 3.05) is 0 Å². The molecule has 0 amide bonds. The predicted molar refractivity (Wildman–Crippen MR) is 60.2 cm³/mol. The molecule has 3 heteroatoms. The first kappa shape index (κ1) is 8.48. The van der Waals surface area contributed by atoms with Gasteiger partial charge in [-0.15, -0.1) is 0 Å². The molecule has 2 aromatic rings. The fourth-order valence-corrected chi connectivity index (χ4v) is 2.38. The van der Waals surface area contributed by atoms with Gasteiger partial charge in [0.15, 0.2) is 0 Å². The van der Waals surface area contributed by atoms with Crippen molar-refractivity contribution in [3.05, 3.63) is 29.0 Å². The molecule has 0 N–H and O–H groups in total. The molecule has 1 saturated carbocycles. The molecule has 0 saturated heterocycles. The van der Waals surface area contributed by atoms with Crippen LogP contribution in [0.25, 0.3) is 11.0 Å². The van der Waals surface area contributed by atoms with Gasteiger partial charge in [0.25, 0.3) is 0 Å². The van der Waals surface area contributed by atoms with Crippen LogP contribution in [-0.2, 0) is 6.54 Å². The number of imidazole rings is 1. The molecule has 0 unspecified atom stereocenters. The van der Waals surface area contributed by atoms with Gasteiger partial charge in [-0.1, -0.05) is 6.07 Å². The Kier molecular flexibility index (Phi) is 1.87. The minimum absolute atomic E-state index is 0.888. The first-order chi connectivity index (χ1) is 6.84. The van der Waals surface area contributed by atoms with E-state index in [4.69, 9.17) is 0 Å². The first-order valence-electron chi connectivity index (χ1n) is 4.94. The largest absolute Gasteiger partial charge is 0.329 e. The van der Waals surface area contributed by atoms with E-state index in [1.165, 1.54) is 18.4 Å². The number of fused-ring (bicyclic) bond motifs is 1. The van der Waals surface area contributed by atoms with Gasteiger partial charge in [-0.3, -0.25) is 0 Å². The van der Waals surface area contributed by atoms with E-state index in [1.807, 2.05) is 12.4 Å². The van der Waals surface area contributed by atoms with E-state index in [0.717, 1.165) is 22.5 Å². The molecule has 0 spiro atoms. The van der Waals surface area contributed by atoms with Crippen molar-refractivity contribution in [1.82, 2.24) is 9.55 Å². The van der Waals surface area contributed by atoms with Gasteiger partial charge < -0.3 is 4.57 Å². The van der Waals surface area contributed by atoms with Crippen molar-refractivity contribution >= 4 is 27.0 Å². The Labute approximate surface area is 91.1 Å². The van der Waals surface area contributed by atoms with Crippen LogP contribution in [0.5, 0.6) is 0 Å². The molecule has 2 nitrogen and oxygen atoms in total. The molecule has 72 valence electrons. The third-order valence-electron chi connectivity index (χ3n) is 2.74. The van der Waals surface area contributed by atoms with Crippen LogP contribution in [0.15, 0.2) is 29.0 Å². The maximum atomic E-state index is 4.39. The highest BCUT2D eigenvalue weighted by atomic mass is 79.9. The monoisotopic (exact) mass is 250 g/mol. The highest BCUT2D eigenvalue weighted by Gasteiger charge is 2.22. The number of nitrogens with zero attached hydrogens (tertiary/aromatic N) is 2. The third kappa shape index (κ3) is 1.36. The summed E-state index contributed by atoms with van der Waals surface area (Å²) in [4.78, 5) is 4.39. The van der Waals surface area contributed by atoms with E-state index in [1.54, 1.807) is 0 Å². The Morgan fingerprint density at radius 1 is 1.43 bits per heavy atom. The lowest BCUT2D eigenvalue weighted by molar-refractivity contribution is 0.642. The van der Waals surface area contributed by atoms with Crippen LogP contribution >= 0.6 is 15.9 Å². The highest BCUT2D eigenvalue weighted by Crippen LogP contribution is 2.32. The number of hydrogen-bond acceptors (Lipinski definition) is 1. The fourth-order valence-electron chi connectivity index (χ4n) is 1.80. The van der Waals surface area contributed by atoms with E-state index in [2.05, 4.69) is 37.6 Å². The number of rotatable bonds is 2. The Morgan fingerprint density at radius 3 is 3.07 bits per heavy atom. The summed E-state index contributed by atoms with van der Waals surface area (Å²) >= 11 is 3.58. The van der Waals surface area contributed by atoms with Gasteiger partial charge >= 0.3 is 0 Å². The van der Waals surface area contributed by atoms with E-state index in [-0.39, 0.29) is 0 Å². The van der Waals surface area contributed by atoms with Crippen molar-refractivity contribution < 1.29 is 0 Å². The lowest BCUT2D eigenvalue weighted by Gasteiger charge is -2.03. The average molecular weight is 251 g/mol. The predicted octanol–water partition coefficient (Wildman–Crippen LogP) is 3.21. The van der Waals surface area contributed by atoms with Crippen LogP contribution in [0.3, 0.4) is 0 Å². The maximum Gasteiger partial charge on any atom is 0.0958 e. The molecule has 1 aromatic heterocycles. The van der Waals surface area contributed by atoms with Crippen LogP contribution in [0.2, 0.25) is 0 Å². The lowest BCUT2D eigenvalue weighted by Crippen LogP contribution is -1.97. The number of para-hydroxylation sites is 1. The van der Waals surface area contributed by atoms with Crippen LogP contribution in [0.1, 0.15) is 12.8 Å². The molecular formula is C11H11BrN2. The second-order valence-corrected chi connectivity index (χ2v) is 4.80. The molecule has 1 aromatic carbocycles. The van der Waals surface area contributed by atoms with E-state index in [0.29, 0.717) is 0 Å². The molecule has 1 aliphatic carbocycles. The summed E-state index contributed by atoms with van der Waals surface area (Å²) in [6.07, 6.45) is 4.71. The smallest absolute Gasteiger partial charge is 0.0958 e. The molecule has 0 bridgehead atoms. The maximum absolute atomic E-state index is 4.39.